The van der Waals surface area contributed by atoms with Crippen LogP contribution in [0.3, 0.4) is 0 Å². The van der Waals surface area contributed by atoms with Crippen LogP contribution in [0.15, 0.2) is 96.7 Å². The van der Waals surface area contributed by atoms with Crippen LogP contribution in [0.4, 0.5) is 0 Å². The molecule has 3 saturated heterocycles. The molecule has 6 rings (SSSR count). The number of unbranched alkanes of at least 4 members (excludes halogenated alkanes) is 1. The van der Waals surface area contributed by atoms with Crippen LogP contribution in [0.5, 0.6) is 0 Å². The van der Waals surface area contributed by atoms with Crippen molar-refractivity contribution in [2.75, 3.05) is 0 Å². The van der Waals surface area contributed by atoms with Crippen molar-refractivity contribution in [1.82, 2.24) is 0 Å². The number of carboxylic acid groups (broad SMARTS) is 1. The summed E-state index contributed by atoms with van der Waals surface area (Å²) >= 11 is 0. The summed E-state index contributed by atoms with van der Waals surface area (Å²) in [7, 11) is 0. The van der Waals surface area contributed by atoms with E-state index in [0.29, 0.717) is 25.7 Å². The van der Waals surface area contributed by atoms with Gasteiger partial charge in [-0.05, 0) is 63.0 Å². The fourth-order valence-electron chi connectivity index (χ4n) is 8.38. The van der Waals surface area contributed by atoms with Gasteiger partial charge in [0.2, 0.25) is 0 Å². The topological polar surface area (TPSA) is 161 Å². The molecular weight excluding hydrogens is 741 g/mol. The number of hydrogen-bond acceptors (Lipinski definition) is 10. The molecule has 0 aromatic heterocycles. The smallest absolute Gasteiger partial charge is 0.331 e. The zero-order chi connectivity index (χ0) is 41.6. The minimum Gasteiger partial charge on any atom is -0.481 e. The Morgan fingerprint density at radius 3 is 2.34 bits per heavy atom. The molecule has 4 N–H and O–H groups in total. The molecule has 6 heterocycles. The minimum absolute atomic E-state index is 0.0508. The van der Waals surface area contributed by atoms with Crippen LogP contribution in [0.2, 0.25) is 0 Å². The van der Waals surface area contributed by atoms with Crippen LogP contribution >= 0.6 is 0 Å². The standard InChI is InChI=1S/C47H66O11/c1-30(17-14-15-23-44(50)51)27-31(2)47-40-26-25-34(54-47)18-10-6-5-7-11-19-35(48)46(53)43-28-36(49)32(3)37(56-43)21-16-22-38-33(4)41-29-42(55-38)39(57-41)20-12-8-9-13-24-45(52)58-40/h6,8-13,16,19-20,22,24-27,30,32-43,46-49,53H,5,7,14-15,17-18,21,23,28-29H2,1-4H3,(H,50,51)/b9-8+,10-6+,19-11+,20-12+,22-16+,24-13-,31-27+/t30-,32-,33?,34+,35+,36+,37-,38+,39?,40?,41?,42?,43-,46+,47-/m1/s1. The van der Waals surface area contributed by atoms with Gasteiger partial charge < -0.3 is 44.1 Å². The van der Waals surface area contributed by atoms with E-state index in [9.17, 15) is 24.9 Å². The second kappa shape index (κ2) is 22.8. The molecule has 11 heteroatoms. The van der Waals surface area contributed by atoms with Crippen LogP contribution < -0.4 is 0 Å². The average molecular weight is 807 g/mol. The van der Waals surface area contributed by atoms with E-state index < -0.39 is 48.6 Å². The molecule has 15 atom stereocenters. The lowest BCUT2D eigenvalue weighted by Gasteiger charge is -2.40. The van der Waals surface area contributed by atoms with Gasteiger partial charge in [0.05, 0.1) is 42.7 Å². The van der Waals surface area contributed by atoms with Gasteiger partial charge in [-0.1, -0.05) is 106 Å². The predicted molar refractivity (Wildman–Crippen MR) is 222 cm³/mol. The molecule has 7 bridgehead atoms. The molecule has 0 spiro atoms. The Morgan fingerprint density at radius 1 is 0.759 bits per heavy atom. The second-order valence-corrected chi connectivity index (χ2v) is 16.6. The summed E-state index contributed by atoms with van der Waals surface area (Å²) in [5.41, 5.74) is 0.945. The molecular formula is C47H66O11. The summed E-state index contributed by atoms with van der Waals surface area (Å²) in [5.74, 6) is -1.09. The largest absolute Gasteiger partial charge is 0.481 e. The Bertz CT molecular complexity index is 1570. The molecule has 58 heavy (non-hydrogen) atoms. The van der Waals surface area contributed by atoms with E-state index in [1.54, 1.807) is 18.2 Å². The number of carboxylic acids is 1. The van der Waals surface area contributed by atoms with Crippen molar-refractivity contribution in [3.63, 3.8) is 0 Å². The highest BCUT2D eigenvalue weighted by Gasteiger charge is 2.45. The number of carbonyl (C=O) groups excluding carboxylic acids is 1. The molecule has 320 valence electrons. The second-order valence-electron chi connectivity index (χ2n) is 16.6. The molecule has 0 amide bonds. The number of aliphatic carboxylic acids is 1. The third-order valence-electron chi connectivity index (χ3n) is 12.0. The molecule has 0 saturated carbocycles. The number of carbonyl (C=O) groups is 2. The highest BCUT2D eigenvalue weighted by atomic mass is 16.6. The maximum atomic E-state index is 13.0. The Balaban J connectivity index is 1.29. The number of esters is 1. The summed E-state index contributed by atoms with van der Waals surface area (Å²) in [6.07, 6.45) is 28.3. The van der Waals surface area contributed by atoms with E-state index in [1.165, 1.54) is 6.08 Å². The van der Waals surface area contributed by atoms with Crippen molar-refractivity contribution in [1.29, 1.82) is 0 Å². The highest BCUT2D eigenvalue weighted by Crippen LogP contribution is 2.38. The molecule has 0 radical (unpaired) electrons. The van der Waals surface area contributed by atoms with Crippen LogP contribution in [0.25, 0.3) is 0 Å². The fourth-order valence-corrected chi connectivity index (χ4v) is 8.38. The quantitative estimate of drug-likeness (QED) is 0.122. The summed E-state index contributed by atoms with van der Waals surface area (Å²) in [5, 5.41) is 41.7. The van der Waals surface area contributed by atoms with Gasteiger partial charge >= 0.3 is 11.9 Å². The monoisotopic (exact) mass is 806 g/mol. The van der Waals surface area contributed by atoms with E-state index in [0.717, 1.165) is 31.3 Å². The van der Waals surface area contributed by atoms with Crippen molar-refractivity contribution in [3.8, 4) is 0 Å². The molecule has 3 fully saturated rings. The van der Waals surface area contributed by atoms with E-state index in [-0.39, 0.29) is 67.2 Å². The number of rotatable bonds is 7. The lowest BCUT2D eigenvalue weighted by atomic mass is 9.85. The van der Waals surface area contributed by atoms with Gasteiger partial charge in [0.25, 0.3) is 0 Å². The Morgan fingerprint density at radius 2 is 1.53 bits per heavy atom. The zero-order valence-corrected chi connectivity index (χ0v) is 34.5. The van der Waals surface area contributed by atoms with E-state index >= 15 is 0 Å². The summed E-state index contributed by atoms with van der Waals surface area (Å²) in [6, 6.07) is 0. The lowest BCUT2D eigenvalue weighted by Crippen LogP contribution is -2.50. The van der Waals surface area contributed by atoms with Gasteiger partial charge in [0.1, 0.15) is 24.4 Å². The van der Waals surface area contributed by atoms with Gasteiger partial charge in [-0.3, -0.25) is 4.79 Å². The fraction of sp³-hybridized carbons (Fsp3) is 0.617. The Labute approximate surface area is 344 Å². The van der Waals surface area contributed by atoms with Gasteiger partial charge in [0.15, 0.2) is 6.10 Å². The molecule has 0 aromatic rings. The third kappa shape index (κ3) is 13.6. The van der Waals surface area contributed by atoms with Gasteiger partial charge in [-0.15, -0.1) is 0 Å². The first-order valence-corrected chi connectivity index (χ1v) is 21.3. The molecule has 6 aliphatic heterocycles. The zero-order valence-electron chi connectivity index (χ0n) is 34.5. The summed E-state index contributed by atoms with van der Waals surface area (Å²) in [6.45, 7) is 8.15. The number of aliphatic hydroxyl groups is 3. The molecule has 11 nitrogen and oxygen atoms in total. The Hall–Kier alpha value is -3.42. The van der Waals surface area contributed by atoms with E-state index in [1.807, 2.05) is 62.5 Å². The van der Waals surface area contributed by atoms with Gasteiger partial charge in [0, 0.05) is 37.2 Å². The molecule has 6 aliphatic rings. The predicted octanol–water partition coefficient (Wildman–Crippen LogP) is 6.80. The van der Waals surface area contributed by atoms with Crippen LogP contribution in [-0.2, 0) is 33.3 Å². The SMILES string of the molecule is C/C(=C\[C@H](C)CCCCC(=O)O)[C@H]1O[C@@H]2C=CC1OC(=O)\C=C/C=C/C=C/C1OC3CC1O[C@@H](/C=C/C[C@H]1O[C@H](C[C@H](O)[C@H]1C)[C@@H](O)[C@@H](O)/C=C/CC/C=C/C2)C3C. The molecule has 5 unspecified atom stereocenters. The lowest BCUT2D eigenvalue weighted by molar-refractivity contribution is -0.175. The minimum atomic E-state index is -1.18. The first-order valence-electron chi connectivity index (χ1n) is 21.3. The highest BCUT2D eigenvalue weighted by molar-refractivity contribution is 5.82. The van der Waals surface area contributed by atoms with Crippen molar-refractivity contribution < 1.29 is 53.7 Å². The maximum absolute atomic E-state index is 13.0. The molecule has 0 aromatic carbocycles. The number of allylic oxidation sites excluding steroid dienone is 7. The summed E-state index contributed by atoms with van der Waals surface area (Å²) in [4.78, 5) is 23.9. The first kappa shape index (κ1) is 45.7. The van der Waals surface area contributed by atoms with Crippen molar-refractivity contribution in [3.05, 3.63) is 96.7 Å². The Kier molecular flexibility index (Phi) is 18.0. The first-order chi connectivity index (χ1) is 27.9. The van der Waals surface area contributed by atoms with Crippen molar-refractivity contribution in [2.45, 2.75) is 165 Å². The van der Waals surface area contributed by atoms with Gasteiger partial charge in [-0.25, -0.2) is 4.79 Å². The number of hydrogen-bond donors (Lipinski definition) is 4. The number of fused-ring (bicyclic) bond motifs is 13. The number of ether oxygens (including phenoxy) is 5. The maximum Gasteiger partial charge on any atom is 0.331 e. The van der Waals surface area contributed by atoms with Gasteiger partial charge in [-0.2, -0.15) is 0 Å². The van der Waals surface area contributed by atoms with Crippen LogP contribution in [0, 0.1) is 17.8 Å². The van der Waals surface area contributed by atoms with E-state index in [2.05, 4.69) is 32.1 Å². The summed E-state index contributed by atoms with van der Waals surface area (Å²) < 4.78 is 31.5. The van der Waals surface area contributed by atoms with E-state index in [4.69, 9.17) is 28.8 Å². The normalized spacial score (nSPS) is 41.7. The van der Waals surface area contributed by atoms with Crippen LogP contribution in [0.1, 0.15) is 91.9 Å². The third-order valence-corrected chi connectivity index (χ3v) is 12.0. The van der Waals surface area contributed by atoms with Crippen LogP contribution in [-0.4, -0.2) is 106 Å². The number of aliphatic hydroxyl groups excluding tert-OH is 3. The average Bonchev–Trinajstić information content (AvgIpc) is 3.54. The van der Waals surface area contributed by atoms with Crippen molar-refractivity contribution >= 4 is 11.9 Å². The van der Waals surface area contributed by atoms with Crippen molar-refractivity contribution in [2.24, 2.45) is 17.8 Å². The molecule has 0 aliphatic carbocycles.